The van der Waals surface area contributed by atoms with E-state index in [-0.39, 0.29) is 37.0 Å². The second kappa shape index (κ2) is 7.76. The topological polar surface area (TPSA) is 73.0 Å². The Bertz CT molecular complexity index is 677. The van der Waals surface area contributed by atoms with Gasteiger partial charge >= 0.3 is 6.03 Å². The Balaban J connectivity index is 1.75. The second-order valence-electron chi connectivity index (χ2n) is 7.19. The van der Waals surface area contributed by atoms with Crippen LogP contribution in [0, 0.1) is 0 Å². The molecule has 26 heavy (non-hydrogen) atoms. The van der Waals surface area contributed by atoms with E-state index in [1.54, 1.807) is 14.7 Å². The van der Waals surface area contributed by atoms with Crippen LogP contribution in [0.1, 0.15) is 25.8 Å². The molecule has 0 bridgehead atoms. The van der Waals surface area contributed by atoms with Crippen LogP contribution in [0.4, 0.5) is 4.79 Å². The van der Waals surface area contributed by atoms with Gasteiger partial charge in [-0.05, 0) is 25.8 Å². The van der Waals surface area contributed by atoms with Crippen LogP contribution in [-0.2, 0) is 16.1 Å². The molecule has 3 rings (SSSR count). The molecule has 2 saturated heterocycles. The fraction of sp³-hybridized carbons (Fsp3) is 0.526. The first kappa shape index (κ1) is 18.2. The number of benzene rings is 1. The lowest BCUT2D eigenvalue weighted by atomic mass is 10.1. The first-order valence-corrected chi connectivity index (χ1v) is 9.13. The normalized spacial score (nSPS) is 20.9. The van der Waals surface area contributed by atoms with Crippen molar-refractivity contribution in [2.75, 3.05) is 26.2 Å². The monoisotopic (exact) mass is 358 g/mol. The summed E-state index contributed by atoms with van der Waals surface area (Å²) in [6.07, 6.45) is 0.680. The number of piperazine rings is 1. The van der Waals surface area contributed by atoms with Gasteiger partial charge in [0, 0.05) is 25.7 Å². The largest absolute Gasteiger partial charge is 0.336 e. The predicted molar refractivity (Wildman–Crippen MR) is 97.2 cm³/mol. The number of hydrogen-bond acceptors (Lipinski definition) is 3. The summed E-state index contributed by atoms with van der Waals surface area (Å²) in [5.41, 5.74) is 0.991. The number of rotatable bonds is 3. The molecule has 2 fully saturated rings. The molecule has 7 nitrogen and oxygen atoms in total. The second-order valence-corrected chi connectivity index (χ2v) is 7.19. The lowest BCUT2D eigenvalue weighted by Gasteiger charge is -2.40. The third-order valence-electron chi connectivity index (χ3n) is 4.76. The van der Waals surface area contributed by atoms with Crippen LogP contribution >= 0.6 is 0 Å². The number of nitrogens with zero attached hydrogens (tertiary/aromatic N) is 3. The van der Waals surface area contributed by atoms with Gasteiger partial charge in [0.25, 0.3) is 0 Å². The summed E-state index contributed by atoms with van der Waals surface area (Å²) in [6, 6.07) is 8.90. The van der Waals surface area contributed by atoms with Crippen LogP contribution in [-0.4, -0.2) is 70.8 Å². The molecule has 7 heteroatoms. The van der Waals surface area contributed by atoms with Crippen molar-refractivity contribution in [3.8, 4) is 0 Å². The smallest absolute Gasteiger partial charge is 0.317 e. The summed E-state index contributed by atoms with van der Waals surface area (Å²) in [6.45, 7) is 5.62. The summed E-state index contributed by atoms with van der Waals surface area (Å²) in [4.78, 5) is 42.9. The molecule has 1 aromatic rings. The molecule has 1 N–H and O–H groups in total. The molecule has 2 aliphatic rings. The zero-order chi connectivity index (χ0) is 18.7. The lowest BCUT2D eigenvalue weighted by Crippen LogP contribution is -2.62. The molecular weight excluding hydrogens is 332 g/mol. The van der Waals surface area contributed by atoms with Gasteiger partial charge in [0.05, 0.1) is 6.54 Å². The Morgan fingerprint density at radius 1 is 1.19 bits per heavy atom. The van der Waals surface area contributed by atoms with Crippen molar-refractivity contribution >= 4 is 17.8 Å². The van der Waals surface area contributed by atoms with Crippen LogP contribution in [0.5, 0.6) is 0 Å². The minimum absolute atomic E-state index is 0.0279. The van der Waals surface area contributed by atoms with Gasteiger partial charge in [-0.15, -0.1) is 0 Å². The fourth-order valence-corrected chi connectivity index (χ4v) is 3.50. The van der Waals surface area contributed by atoms with Crippen molar-refractivity contribution in [3.05, 3.63) is 35.9 Å². The van der Waals surface area contributed by atoms with E-state index in [1.165, 1.54) is 0 Å². The maximum Gasteiger partial charge on any atom is 0.317 e. The fourth-order valence-electron chi connectivity index (χ4n) is 3.50. The Labute approximate surface area is 153 Å². The summed E-state index contributed by atoms with van der Waals surface area (Å²) >= 11 is 0. The lowest BCUT2D eigenvalue weighted by molar-refractivity contribution is -0.156. The van der Waals surface area contributed by atoms with Gasteiger partial charge in [0.1, 0.15) is 12.6 Å². The highest BCUT2D eigenvalue weighted by Gasteiger charge is 2.42. The summed E-state index contributed by atoms with van der Waals surface area (Å²) < 4.78 is 0. The number of nitrogens with one attached hydrogen (secondary N) is 1. The van der Waals surface area contributed by atoms with E-state index < -0.39 is 6.04 Å². The van der Waals surface area contributed by atoms with Gasteiger partial charge < -0.3 is 20.0 Å². The average Bonchev–Trinajstić information content (AvgIpc) is 2.83. The molecule has 4 amide bonds. The van der Waals surface area contributed by atoms with Crippen molar-refractivity contribution in [1.82, 2.24) is 20.0 Å². The van der Waals surface area contributed by atoms with Gasteiger partial charge in [-0.25, -0.2) is 4.79 Å². The van der Waals surface area contributed by atoms with E-state index in [0.717, 1.165) is 5.56 Å². The highest BCUT2D eigenvalue weighted by Crippen LogP contribution is 2.20. The SMILES string of the molecule is CC(C)NC(=O)N1CCCN2C(=O)CN(Cc3ccccc3)C(=O)C2C1. The zero-order valence-electron chi connectivity index (χ0n) is 15.4. The number of hydrogen-bond donors (Lipinski definition) is 1. The van der Waals surface area contributed by atoms with Crippen molar-refractivity contribution < 1.29 is 14.4 Å². The van der Waals surface area contributed by atoms with E-state index in [1.807, 2.05) is 44.2 Å². The zero-order valence-corrected chi connectivity index (χ0v) is 15.4. The third kappa shape index (κ3) is 3.98. The summed E-state index contributed by atoms with van der Waals surface area (Å²) in [5.74, 6) is -0.130. The number of carbonyl (C=O) groups excluding carboxylic acids is 3. The maximum atomic E-state index is 13.0. The molecule has 1 aromatic carbocycles. The van der Waals surface area contributed by atoms with Gasteiger partial charge in [-0.2, -0.15) is 0 Å². The highest BCUT2D eigenvalue weighted by atomic mass is 16.2. The maximum absolute atomic E-state index is 13.0. The van der Waals surface area contributed by atoms with Gasteiger partial charge in [0.15, 0.2) is 0 Å². The summed E-state index contributed by atoms with van der Waals surface area (Å²) in [7, 11) is 0. The summed E-state index contributed by atoms with van der Waals surface area (Å²) in [5, 5.41) is 2.87. The Hall–Kier alpha value is -2.57. The molecule has 0 radical (unpaired) electrons. The van der Waals surface area contributed by atoms with Crippen LogP contribution in [0.15, 0.2) is 30.3 Å². The van der Waals surface area contributed by atoms with E-state index in [4.69, 9.17) is 0 Å². The number of amides is 4. The quantitative estimate of drug-likeness (QED) is 0.878. The third-order valence-corrected chi connectivity index (χ3v) is 4.76. The minimum atomic E-state index is -0.597. The molecule has 1 unspecified atom stereocenters. The van der Waals surface area contributed by atoms with Gasteiger partial charge in [-0.3, -0.25) is 9.59 Å². The predicted octanol–water partition coefficient (Wildman–Crippen LogP) is 1.05. The Kier molecular flexibility index (Phi) is 5.44. The van der Waals surface area contributed by atoms with Crippen molar-refractivity contribution in [2.24, 2.45) is 0 Å². The van der Waals surface area contributed by atoms with Crippen LogP contribution in [0.2, 0.25) is 0 Å². The van der Waals surface area contributed by atoms with E-state index in [0.29, 0.717) is 26.1 Å². The standard InChI is InChI=1S/C19H26N4O3/c1-14(2)20-19(26)21-9-6-10-23-16(12-21)18(25)22(13-17(23)24)11-15-7-4-3-5-8-15/h3-5,7-8,14,16H,6,9-13H2,1-2H3,(H,20,26). The Morgan fingerprint density at radius 3 is 2.62 bits per heavy atom. The molecular formula is C19H26N4O3. The first-order valence-electron chi connectivity index (χ1n) is 9.13. The molecule has 2 heterocycles. The van der Waals surface area contributed by atoms with Crippen LogP contribution in [0.25, 0.3) is 0 Å². The van der Waals surface area contributed by atoms with E-state index >= 15 is 0 Å². The first-order chi connectivity index (χ1) is 12.5. The van der Waals surface area contributed by atoms with Crippen molar-refractivity contribution in [3.63, 3.8) is 0 Å². The molecule has 0 saturated carbocycles. The van der Waals surface area contributed by atoms with E-state index in [2.05, 4.69) is 5.32 Å². The van der Waals surface area contributed by atoms with Crippen molar-refractivity contribution in [2.45, 2.75) is 38.9 Å². The Morgan fingerprint density at radius 2 is 1.92 bits per heavy atom. The number of urea groups is 1. The van der Waals surface area contributed by atoms with Gasteiger partial charge in [0.2, 0.25) is 11.8 Å². The van der Waals surface area contributed by atoms with Gasteiger partial charge in [-0.1, -0.05) is 30.3 Å². The molecule has 1 atom stereocenters. The minimum Gasteiger partial charge on any atom is -0.336 e. The molecule has 0 spiro atoms. The number of fused-ring (bicyclic) bond motifs is 1. The molecule has 0 aromatic heterocycles. The average molecular weight is 358 g/mol. The van der Waals surface area contributed by atoms with Crippen LogP contribution in [0.3, 0.4) is 0 Å². The molecule has 140 valence electrons. The highest BCUT2D eigenvalue weighted by molar-refractivity contribution is 5.95. The van der Waals surface area contributed by atoms with Crippen molar-refractivity contribution in [1.29, 1.82) is 0 Å². The van der Waals surface area contributed by atoms with E-state index in [9.17, 15) is 14.4 Å². The van der Waals surface area contributed by atoms with Crippen LogP contribution < -0.4 is 5.32 Å². The molecule has 0 aliphatic carbocycles. The number of carbonyl (C=O) groups is 3. The molecule has 2 aliphatic heterocycles.